The Bertz CT molecular complexity index is 1030. The number of amides is 3. The number of hydrogen-bond acceptors (Lipinski definition) is 3. The van der Waals surface area contributed by atoms with Crippen molar-refractivity contribution >= 4 is 23.3 Å². The molecular formula is C22H20FN3O3. The molecule has 0 aliphatic carbocycles. The third kappa shape index (κ3) is 3.85. The van der Waals surface area contributed by atoms with Gasteiger partial charge in [0, 0.05) is 30.5 Å². The van der Waals surface area contributed by atoms with Crippen LogP contribution in [0.2, 0.25) is 0 Å². The van der Waals surface area contributed by atoms with Crippen LogP contribution in [0.15, 0.2) is 65.3 Å². The normalized spacial score (nSPS) is 12.6. The van der Waals surface area contributed by atoms with Crippen molar-refractivity contribution in [1.82, 2.24) is 4.90 Å². The minimum atomic E-state index is -0.365. The van der Waals surface area contributed by atoms with E-state index in [4.69, 9.17) is 4.42 Å². The Morgan fingerprint density at radius 1 is 1.14 bits per heavy atom. The number of halogens is 1. The highest BCUT2D eigenvalue weighted by Gasteiger charge is 2.29. The van der Waals surface area contributed by atoms with Gasteiger partial charge in [-0.1, -0.05) is 6.07 Å². The number of carbonyl (C=O) groups excluding carboxylic acids is 2. The number of fused-ring (bicyclic) bond motifs is 1. The van der Waals surface area contributed by atoms with E-state index in [1.165, 1.54) is 24.3 Å². The zero-order valence-electron chi connectivity index (χ0n) is 15.9. The van der Waals surface area contributed by atoms with Crippen LogP contribution in [0.1, 0.15) is 21.7 Å². The van der Waals surface area contributed by atoms with E-state index in [-0.39, 0.29) is 17.8 Å². The summed E-state index contributed by atoms with van der Waals surface area (Å²) in [5, 5.41) is 2.77. The van der Waals surface area contributed by atoms with Crippen molar-refractivity contribution in [2.75, 3.05) is 23.8 Å². The second-order valence-corrected chi connectivity index (χ2v) is 6.88. The molecule has 0 atom stereocenters. The third-order valence-electron chi connectivity index (χ3n) is 4.92. The molecule has 0 radical (unpaired) electrons. The van der Waals surface area contributed by atoms with Crippen molar-refractivity contribution < 1.29 is 18.4 Å². The van der Waals surface area contributed by atoms with E-state index in [0.717, 1.165) is 5.56 Å². The van der Waals surface area contributed by atoms with Gasteiger partial charge < -0.3 is 14.6 Å². The van der Waals surface area contributed by atoms with E-state index in [0.29, 0.717) is 42.2 Å². The number of furan rings is 1. The molecule has 6 nitrogen and oxygen atoms in total. The molecule has 2 aromatic carbocycles. The first-order chi connectivity index (χ1) is 14.0. The van der Waals surface area contributed by atoms with Gasteiger partial charge in [0.1, 0.15) is 11.6 Å². The van der Waals surface area contributed by atoms with Crippen molar-refractivity contribution in [2.45, 2.75) is 13.0 Å². The van der Waals surface area contributed by atoms with Gasteiger partial charge in [0.05, 0.1) is 12.8 Å². The molecule has 4 rings (SSSR count). The average molecular weight is 393 g/mol. The van der Waals surface area contributed by atoms with Gasteiger partial charge in [0.25, 0.3) is 5.91 Å². The molecule has 2 heterocycles. The summed E-state index contributed by atoms with van der Waals surface area (Å²) in [5.74, 6) is 0.212. The van der Waals surface area contributed by atoms with Gasteiger partial charge in [-0.15, -0.1) is 0 Å². The molecule has 29 heavy (non-hydrogen) atoms. The minimum Gasteiger partial charge on any atom is -0.467 e. The van der Waals surface area contributed by atoms with Crippen LogP contribution in [-0.2, 0) is 13.0 Å². The lowest BCUT2D eigenvalue weighted by atomic mass is 10.0. The van der Waals surface area contributed by atoms with Crippen LogP contribution in [0.5, 0.6) is 0 Å². The summed E-state index contributed by atoms with van der Waals surface area (Å²) in [6.45, 7) is 0.832. The molecule has 0 spiro atoms. The molecule has 3 aromatic rings. The van der Waals surface area contributed by atoms with E-state index in [2.05, 4.69) is 5.32 Å². The Kier molecular flexibility index (Phi) is 5.03. The van der Waals surface area contributed by atoms with Crippen LogP contribution in [0.3, 0.4) is 0 Å². The molecule has 0 saturated heterocycles. The highest BCUT2D eigenvalue weighted by atomic mass is 19.1. The van der Waals surface area contributed by atoms with Gasteiger partial charge >= 0.3 is 6.03 Å². The number of urea groups is 1. The Morgan fingerprint density at radius 2 is 1.93 bits per heavy atom. The Hall–Kier alpha value is -3.61. The lowest BCUT2D eigenvalue weighted by Gasteiger charge is -2.20. The maximum Gasteiger partial charge on any atom is 0.326 e. The smallest absolute Gasteiger partial charge is 0.326 e. The average Bonchev–Trinajstić information content (AvgIpc) is 3.38. The Balaban J connectivity index is 1.52. The quantitative estimate of drug-likeness (QED) is 0.719. The van der Waals surface area contributed by atoms with Crippen LogP contribution in [0, 0.1) is 5.82 Å². The minimum absolute atomic E-state index is 0.126. The van der Waals surface area contributed by atoms with Crippen LogP contribution < -0.4 is 10.2 Å². The summed E-state index contributed by atoms with van der Waals surface area (Å²) in [7, 11) is 1.72. The number of carbonyl (C=O) groups is 2. The fraction of sp³-hybridized carbons (Fsp3) is 0.182. The number of hydrogen-bond donors (Lipinski definition) is 1. The van der Waals surface area contributed by atoms with E-state index in [1.807, 2.05) is 12.1 Å². The van der Waals surface area contributed by atoms with Crippen LogP contribution in [0.4, 0.5) is 20.6 Å². The number of nitrogens with one attached hydrogen (secondary N) is 1. The van der Waals surface area contributed by atoms with E-state index in [9.17, 15) is 14.0 Å². The summed E-state index contributed by atoms with van der Waals surface area (Å²) < 4.78 is 18.4. The van der Waals surface area contributed by atoms with Crippen LogP contribution in [0.25, 0.3) is 0 Å². The fourth-order valence-corrected chi connectivity index (χ4v) is 3.48. The zero-order valence-corrected chi connectivity index (χ0v) is 15.9. The molecule has 148 valence electrons. The molecule has 0 bridgehead atoms. The maximum atomic E-state index is 13.1. The molecule has 0 saturated carbocycles. The van der Waals surface area contributed by atoms with Crippen LogP contribution >= 0.6 is 0 Å². The van der Waals surface area contributed by atoms with Gasteiger partial charge in [-0.3, -0.25) is 9.69 Å². The van der Waals surface area contributed by atoms with Crippen molar-refractivity contribution in [2.24, 2.45) is 0 Å². The molecular weight excluding hydrogens is 373 g/mol. The number of benzene rings is 2. The summed E-state index contributed by atoms with van der Waals surface area (Å²) in [4.78, 5) is 28.9. The predicted octanol–water partition coefficient (Wildman–Crippen LogP) is 4.29. The topological polar surface area (TPSA) is 65.8 Å². The highest BCUT2D eigenvalue weighted by molar-refractivity contribution is 6.05. The summed E-state index contributed by atoms with van der Waals surface area (Å²) in [5.41, 5.74) is 2.64. The molecule has 1 aliphatic heterocycles. The summed E-state index contributed by atoms with van der Waals surface area (Å²) in [6.07, 6.45) is 2.16. The molecule has 1 aromatic heterocycles. The summed E-state index contributed by atoms with van der Waals surface area (Å²) in [6, 6.07) is 14.3. The fourth-order valence-electron chi connectivity index (χ4n) is 3.48. The first-order valence-electron chi connectivity index (χ1n) is 9.27. The second-order valence-electron chi connectivity index (χ2n) is 6.88. The monoisotopic (exact) mass is 393 g/mol. The second kappa shape index (κ2) is 7.79. The standard InChI is InChI=1S/C22H20FN3O3/c1-25(14-17-4-3-13-29-17)21(27)19-5-2-6-20-18(19)11-12-26(20)22(28)24-16-9-7-15(23)8-10-16/h2-10,13H,11-12,14H2,1H3,(H,24,28). The van der Waals surface area contributed by atoms with E-state index < -0.39 is 0 Å². The third-order valence-corrected chi connectivity index (χ3v) is 4.92. The molecule has 1 N–H and O–H groups in total. The van der Waals surface area contributed by atoms with Crippen molar-refractivity contribution in [1.29, 1.82) is 0 Å². The molecule has 0 unspecified atom stereocenters. The molecule has 7 heteroatoms. The predicted molar refractivity (Wildman–Crippen MR) is 107 cm³/mol. The van der Waals surface area contributed by atoms with Gasteiger partial charge in [0.15, 0.2) is 0 Å². The zero-order chi connectivity index (χ0) is 20.4. The largest absolute Gasteiger partial charge is 0.467 e. The van der Waals surface area contributed by atoms with Gasteiger partial charge in [-0.2, -0.15) is 0 Å². The lowest BCUT2D eigenvalue weighted by molar-refractivity contribution is 0.0774. The Morgan fingerprint density at radius 3 is 2.66 bits per heavy atom. The van der Waals surface area contributed by atoms with Gasteiger partial charge in [0.2, 0.25) is 0 Å². The lowest BCUT2D eigenvalue weighted by Crippen LogP contribution is -2.33. The van der Waals surface area contributed by atoms with Crippen molar-refractivity contribution in [3.8, 4) is 0 Å². The van der Waals surface area contributed by atoms with E-state index in [1.54, 1.807) is 41.3 Å². The highest BCUT2D eigenvalue weighted by Crippen LogP contribution is 2.32. The first-order valence-corrected chi connectivity index (χ1v) is 9.27. The maximum absolute atomic E-state index is 13.1. The summed E-state index contributed by atoms with van der Waals surface area (Å²) >= 11 is 0. The molecule has 0 fully saturated rings. The van der Waals surface area contributed by atoms with Crippen molar-refractivity contribution in [3.63, 3.8) is 0 Å². The number of rotatable bonds is 4. The first kappa shape index (κ1) is 18.7. The number of nitrogens with zero attached hydrogens (tertiary/aromatic N) is 2. The van der Waals surface area contributed by atoms with Gasteiger partial charge in [-0.05, 0) is 60.5 Å². The van der Waals surface area contributed by atoms with E-state index >= 15 is 0 Å². The van der Waals surface area contributed by atoms with Crippen molar-refractivity contribution in [3.05, 3.63) is 83.6 Å². The Labute approximate surface area is 167 Å². The van der Waals surface area contributed by atoms with Crippen LogP contribution in [-0.4, -0.2) is 30.4 Å². The SMILES string of the molecule is CN(Cc1ccco1)C(=O)c1cccc2c1CCN2C(=O)Nc1ccc(F)cc1. The molecule has 1 aliphatic rings. The number of anilines is 2. The molecule has 3 amide bonds. The van der Waals surface area contributed by atoms with Gasteiger partial charge in [-0.25, -0.2) is 9.18 Å².